The summed E-state index contributed by atoms with van der Waals surface area (Å²) in [5.41, 5.74) is 11.5. The fourth-order valence-electron chi connectivity index (χ4n) is 3.94. The standard InChI is InChI=1S/C25H26N6O3/c1-14-19(20-11-17(25(26)27)9-10-21(20)28-14)12-23(33)34-13-22(32)29-24-15(2)30-31(16(24)3)18-7-5-4-6-8-18/h4-11,28H,12-13H2,1-3H3,(H3,26,27)(H,29,32). The number of nitrogens with two attached hydrogens (primary N) is 1. The summed E-state index contributed by atoms with van der Waals surface area (Å²) in [7, 11) is 0. The van der Waals surface area contributed by atoms with Crippen molar-refractivity contribution in [3.63, 3.8) is 0 Å². The number of benzene rings is 2. The van der Waals surface area contributed by atoms with Crippen molar-refractivity contribution in [2.24, 2.45) is 5.73 Å². The Bertz CT molecular complexity index is 1400. The van der Waals surface area contributed by atoms with E-state index in [0.29, 0.717) is 16.9 Å². The van der Waals surface area contributed by atoms with Crippen molar-refractivity contribution >= 4 is 34.3 Å². The molecule has 9 heteroatoms. The molecular weight excluding hydrogens is 432 g/mol. The first-order valence-corrected chi connectivity index (χ1v) is 10.8. The van der Waals surface area contributed by atoms with Gasteiger partial charge in [0.2, 0.25) is 0 Å². The summed E-state index contributed by atoms with van der Waals surface area (Å²) >= 11 is 0. The summed E-state index contributed by atoms with van der Waals surface area (Å²) in [6.07, 6.45) is -0.00946. The van der Waals surface area contributed by atoms with Crippen molar-refractivity contribution in [2.75, 3.05) is 11.9 Å². The summed E-state index contributed by atoms with van der Waals surface area (Å²) in [5.74, 6) is -1.02. The van der Waals surface area contributed by atoms with E-state index in [-0.39, 0.29) is 12.3 Å². The van der Waals surface area contributed by atoms with Crippen LogP contribution in [0.1, 0.15) is 28.2 Å². The van der Waals surface area contributed by atoms with Crippen LogP contribution in [0.15, 0.2) is 48.5 Å². The molecule has 0 aliphatic carbocycles. The Morgan fingerprint density at radius 3 is 2.59 bits per heavy atom. The highest BCUT2D eigenvalue weighted by Gasteiger charge is 2.18. The molecule has 0 fully saturated rings. The van der Waals surface area contributed by atoms with Crippen molar-refractivity contribution in [1.29, 1.82) is 5.41 Å². The Labute approximate surface area is 196 Å². The van der Waals surface area contributed by atoms with E-state index in [4.69, 9.17) is 15.9 Å². The number of carbonyl (C=O) groups excluding carboxylic acids is 2. The number of hydrogen-bond donors (Lipinski definition) is 4. The number of amides is 1. The fraction of sp³-hybridized carbons (Fsp3) is 0.200. The number of ether oxygens (including phenoxy) is 1. The van der Waals surface area contributed by atoms with Crippen LogP contribution in [0.5, 0.6) is 0 Å². The first-order valence-electron chi connectivity index (χ1n) is 10.8. The Kier molecular flexibility index (Phi) is 6.18. The monoisotopic (exact) mass is 458 g/mol. The van der Waals surface area contributed by atoms with Gasteiger partial charge in [0.15, 0.2) is 6.61 Å². The van der Waals surface area contributed by atoms with Gasteiger partial charge >= 0.3 is 5.97 Å². The number of para-hydroxylation sites is 1. The van der Waals surface area contributed by atoms with Gasteiger partial charge in [0, 0.05) is 22.2 Å². The van der Waals surface area contributed by atoms with Crippen molar-refractivity contribution in [1.82, 2.24) is 14.8 Å². The van der Waals surface area contributed by atoms with Crippen LogP contribution in [0.3, 0.4) is 0 Å². The summed E-state index contributed by atoms with van der Waals surface area (Å²) in [6, 6.07) is 15.0. The second-order valence-corrected chi connectivity index (χ2v) is 8.08. The minimum atomic E-state index is -0.527. The third kappa shape index (κ3) is 4.54. The van der Waals surface area contributed by atoms with Gasteiger partial charge in [0.05, 0.1) is 29.2 Å². The quantitative estimate of drug-likeness (QED) is 0.191. The number of anilines is 1. The molecule has 0 aliphatic rings. The third-order valence-electron chi connectivity index (χ3n) is 5.67. The number of carbonyl (C=O) groups is 2. The molecule has 0 saturated carbocycles. The van der Waals surface area contributed by atoms with Gasteiger partial charge in [-0.15, -0.1) is 0 Å². The van der Waals surface area contributed by atoms with Gasteiger partial charge in [-0.1, -0.05) is 18.2 Å². The van der Waals surface area contributed by atoms with E-state index in [2.05, 4.69) is 15.4 Å². The van der Waals surface area contributed by atoms with Crippen molar-refractivity contribution in [3.8, 4) is 5.69 Å². The first kappa shape index (κ1) is 22.8. The third-order valence-corrected chi connectivity index (χ3v) is 5.67. The number of aromatic nitrogens is 3. The van der Waals surface area contributed by atoms with Gasteiger partial charge < -0.3 is 20.8 Å². The summed E-state index contributed by atoms with van der Waals surface area (Å²) < 4.78 is 7.00. The molecule has 0 radical (unpaired) electrons. The lowest BCUT2D eigenvalue weighted by molar-refractivity contribution is -0.146. The number of esters is 1. The van der Waals surface area contributed by atoms with Crippen LogP contribution in [0.2, 0.25) is 0 Å². The van der Waals surface area contributed by atoms with Crippen LogP contribution in [-0.4, -0.2) is 39.1 Å². The Morgan fingerprint density at radius 1 is 1.15 bits per heavy atom. The van der Waals surface area contributed by atoms with Crippen LogP contribution in [0, 0.1) is 26.2 Å². The highest BCUT2D eigenvalue weighted by molar-refractivity contribution is 6.00. The molecule has 2 aromatic carbocycles. The summed E-state index contributed by atoms with van der Waals surface area (Å²) in [5, 5.41) is 15.7. The van der Waals surface area contributed by atoms with Crippen molar-refractivity contribution in [3.05, 3.63) is 76.7 Å². The van der Waals surface area contributed by atoms with E-state index in [9.17, 15) is 9.59 Å². The SMILES string of the molecule is Cc1nn(-c2ccccc2)c(C)c1NC(=O)COC(=O)Cc1c(C)[nH]c2ccc(C(=N)N)cc12. The lowest BCUT2D eigenvalue weighted by atomic mass is 10.1. The molecule has 9 nitrogen and oxygen atoms in total. The highest BCUT2D eigenvalue weighted by Crippen LogP contribution is 2.25. The minimum Gasteiger partial charge on any atom is -0.455 e. The summed E-state index contributed by atoms with van der Waals surface area (Å²) in [4.78, 5) is 28.2. The average molecular weight is 459 g/mol. The molecule has 0 atom stereocenters. The number of nitrogen functional groups attached to an aromatic ring is 1. The van der Waals surface area contributed by atoms with E-state index in [0.717, 1.165) is 33.5 Å². The van der Waals surface area contributed by atoms with E-state index >= 15 is 0 Å². The summed E-state index contributed by atoms with van der Waals surface area (Å²) in [6.45, 7) is 5.12. The van der Waals surface area contributed by atoms with E-state index < -0.39 is 18.5 Å². The zero-order chi connectivity index (χ0) is 24.4. The van der Waals surface area contributed by atoms with Gasteiger partial charge in [0.1, 0.15) is 5.84 Å². The topological polar surface area (TPSA) is 139 Å². The van der Waals surface area contributed by atoms with Crippen LogP contribution in [-0.2, 0) is 20.7 Å². The molecule has 4 rings (SSSR count). The van der Waals surface area contributed by atoms with Gasteiger partial charge in [-0.25, -0.2) is 4.68 Å². The van der Waals surface area contributed by atoms with Gasteiger partial charge in [0.25, 0.3) is 5.91 Å². The first-order chi connectivity index (χ1) is 16.2. The molecule has 0 bridgehead atoms. The average Bonchev–Trinajstić information content (AvgIpc) is 3.28. The van der Waals surface area contributed by atoms with Gasteiger partial charge in [-0.05, 0) is 56.7 Å². The lowest BCUT2D eigenvalue weighted by Crippen LogP contribution is -2.22. The molecule has 1 amide bonds. The number of nitrogens with zero attached hydrogens (tertiary/aromatic N) is 2. The van der Waals surface area contributed by atoms with Crippen molar-refractivity contribution in [2.45, 2.75) is 27.2 Å². The van der Waals surface area contributed by atoms with E-state index in [1.54, 1.807) is 16.8 Å². The Hall–Kier alpha value is -4.40. The number of rotatable bonds is 7. The second-order valence-electron chi connectivity index (χ2n) is 8.08. The minimum absolute atomic E-state index is 0.00946. The maximum atomic E-state index is 12.5. The number of aromatic amines is 1. The van der Waals surface area contributed by atoms with Crippen LogP contribution in [0.25, 0.3) is 16.6 Å². The van der Waals surface area contributed by atoms with Crippen LogP contribution >= 0.6 is 0 Å². The zero-order valence-corrected chi connectivity index (χ0v) is 19.2. The molecule has 0 saturated heterocycles. The Morgan fingerprint density at radius 2 is 1.88 bits per heavy atom. The van der Waals surface area contributed by atoms with Crippen molar-refractivity contribution < 1.29 is 14.3 Å². The number of amidine groups is 1. The Balaban J connectivity index is 1.41. The molecule has 174 valence electrons. The van der Waals surface area contributed by atoms with Crippen LogP contribution < -0.4 is 11.1 Å². The molecule has 2 heterocycles. The number of aryl methyl sites for hydroxylation is 2. The predicted molar refractivity (Wildman–Crippen MR) is 130 cm³/mol. The normalized spacial score (nSPS) is 10.9. The van der Waals surface area contributed by atoms with Gasteiger partial charge in [-0.3, -0.25) is 15.0 Å². The molecule has 0 aliphatic heterocycles. The van der Waals surface area contributed by atoms with Gasteiger partial charge in [-0.2, -0.15) is 5.10 Å². The smallest absolute Gasteiger partial charge is 0.310 e. The fourth-order valence-corrected chi connectivity index (χ4v) is 3.94. The highest BCUT2D eigenvalue weighted by atomic mass is 16.5. The lowest BCUT2D eigenvalue weighted by Gasteiger charge is -2.08. The zero-order valence-electron chi connectivity index (χ0n) is 19.2. The van der Waals surface area contributed by atoms with E-state index in [1.807, 2.05) is 57.2 Å². The number of nitrogens with one attached hydrogen (secondary N) is 3. The molecule has 5 N–H and O–H groups in total. The molecule has 0 unspecified atom stereocenters. The molecule has 0 spiro atoms. The molecule has 2 aromatic heterocycles. The maximum Gasteiger partial charge on any atom is 0.310 e. The number of H-pyrrole nitrogens is 1. The second kappa shape index (κ2) is 9.22. The predicted octanol–water partition coefficient (Wildman–Crippen LogP) is 3.29. The number of hydrogen-bond acceptors (Lipinski definition) is 5. The molecule has 34 heavy (non-hydrogen) atoms. The largest absolute Gasteiger partial charge is 0.455 e. The maximum absolute atomic E-state index is 12.5. The molecule has 4 aromatic rings. The van der Waals surface area contributed by atoms with E-state index in [1.165, 1.54) is 0 Å². The number of fused-ring (bicyclic) bond motifs is 1. The van der Waals surface area contributed by atoms with Crippen LogP contribution in [0.4, 0.5) is 5.69 Å². The molecular formula is C25H26N6O3.